The average Bonchev–Trinajstić information content (AvgIpc) is 3.06. The smallest absolute Gasteiger partial charge is 0.243 e. The lowest BCUT2D eigenvalue weighted by atomic mass is 9.98. The van der Waals surface area contributed by atoms with E-state index in [-0.39, 0.29) is 11.8 Å². The standard InChI is InChI=1S/C17H18N6O/c24-16(21-23-12-20-14-6-1-2-7-15(14)23)13-5-3-10-22(11-13)17-18-8-4-9-19-17/h1-2,4,6-9,12-13H,3,5,10-11H2,(H,21,24). The van der Waals surface area contributed by atoms with Crippen molar-refractivity contribution in [3.05, 3.63) is 49.1 Å². The van der Waals surface area contributed by atoms with Crippen molar-refractivity contribution in [1.82, 2.24) is 19.6 Å². The molecule has 1 aromatic carbocycles. The van der Waals surface area contributed by atoms with Crippen molar-refractivity contribution < 1.29 is 4.79 Å². The predicted octanol–water partition coefficient (Wildman–Crippen LogP) is 1.81. The zero-order chi connectivity index (χ0) is 16.4. The summed E-state index contributed by atoms with van der Waals surface area (Å²) in [6.45, 7) is 1.50. The number of amides is 1. The minimum Gasteiger partial charge on any atom is -0.340 e. The summed E-state index contributed by atoms with van der Waals surface area (Å²) in [6.07, 6.45) is 6.90. The Hall–Kier alpha value is -2.96. The number of rotatable bonds is 3. The monoisotopic (exact) mass is 322 g/mol. The lowest BCUT2D eigenvalue weighted by Gasteiger charge is -2.31. The third kappa shape index (κ3) is 2.80. The van der Waals surface area contributed by atoms with Gasteiger partial charge in [0.25, 0.3) is 0 Å². The Balaban J connectivity index is 1.48. The Morgan fingerprint density at radius 3 is 2.83 bits per heavy atom. The minimum absolute atomic E-state index is 0.00113. The average molecular weight is 322 g/mol. The molecule has 1 N–H and O–H groups in total. The van der Waals surface area contributed by atoms with Crippen LogP contribution >= 0.6 is 0 Å². The van der Waals surface area contributed by atoms with Crippen LogP contribution in [0.4, 0.5) is 5.95 Å². The van der Waals surface area contributed by atoms with E-state index < -0.39 is 0 Å². The van der Waals surface area contributed by atoms with Gasteiger partial charge in [0, 0.05) is 25.5 Å². The minimum atomic E-state index is -0.0938. The summed E-state index contributed by atoms with van der Waals surface area (Å²) in [5.74, 6) is 0.589. The number of nitrogens with one attached hydrogen (secondary N) is 1. The highest BCUT2D eigenvalue weighted by Gasteiger charge is 2.27. The van der Waals surface area contributed by atoms with Crippen LogP contribution in [-0.4, -0.2) is 38.6 Å². The first kappa shape index (κ1) is 14.6. The molecule has 0 saturated carbocycles. The van der Waals surface area contributed by atoms with E-state index >= 15 is 0 Å². The normalized spacial score (nSPS) is 17.8. The third-order valence-corrected chi connectivity index (χ3v) is 4.31. The molecule has 1 atom stereocenters. The molecule has 24 heavy (non-hydrogen) atoms. The number of hydrogen-bond donors (Lipinski definition) is 1. The Kier molecular flexibility index (Phi) is 3.82. The zero-order valence-corrected chi connectivity index (χ0v) is 13.2. The van der Waals surface area contributed by atoms with Crippen molar-refractivity contribution in [2.75, 3.05) is 23.4 Å². The van der Waals surface area contributed by atoms with Gasteiger partial charge < -0.3 is 4.90 Å². The molecule has 0 radical (unpaired) electrons. The highest BCUT2D eigenvalue weighted by Crippen LogP contribution is 2.20. The summed E-state index contributed by atoms with van der Waals surface area (Å²) in [4.78, 5) is 27.6. The third-order valence-electron chi connectivity index (χ3n) is 4.31. The van der Waals surface area contributed by atoms with E-state index in [1.807, 2.05) is 24.3 Å². The number of carbonyl (C=O) groups excluding carboxylic acids is 1. The number of benzene rings is 1. The van der Waals surface area contributed by atoms with Gasteiger partial charge in [-0.05, 0) is 31.0 Å². The molecule has 3 aromatic rings. The second-order valence-corrected chi connectivity index (χ2v) is 5.91. The van der Waals surface area contributed by atoms with Crippen LogP contribution in [0.15, 0.2) is 49.1 Å². The number of carbonyl (C=O) groups is 1. The summed E-state index contributed by atoms with van der Waals surface area (Å²) in [5, 5.41) is 0. The second-order valence-electron chi connectivity index (χ2n) is 5.91. The van der Waals surface area contributed by atoms with Crippen molar-refractivity contribution in [3.8, 4) is 0 Å². The number of imidazole rings is 1. The fraction of sp³-hybridized carbons (Fsp3) is 0.294. The van der Waals surface area contributed by atoms with Gasteiger partial charge in [0.05, 0.1) is 17.0 Å². The Morgan fingerprint density at radius 2 is 1.96 bits per heavy atom. The largest absolute Gasteiger partial charge is 0.340 e. The van der Waals surface area contributed by atoms with Crippen molar-refractivity contribution in [2.45, 2.75) is 12.8 Å². The van der Waals surface area contributed by atoms with Gasteiger partial charge in [-0.2, -0.15) is 0 Å². The molecule has 4 rings (SSSR count). The number of piperidine rings is 1. The highest BCUT2D eigenvalue weighted by molar-refractivity contribution is 5.88. The Bertz CT molecular complexity index is 846. The van der Waals surface area contributed by atoms with Gasteiger partial charge >= 0.3 is 0 Å². The summed E-state index contributed by atoms with van der Waals surface area (Å²) in [7, 11) is 0. The first-order valence-corrected chi connectivity index (χ1v) is 8.06. The number of hydrogen-bond acceptors (Lipinski definition) is 5. The molecule has 1 aliphatic heterocycles. The molecule has 1 unspecified atom stereocenters. The van der Waals surface area contributed by atoms with E-state index in [1.54, 1.807) is 29.5 Å². The molecule has 0 bridgehead atoms. The van der Waals surface area contributed by atoms with E-state index in [2.05, 4.69) is 25.3 Å². The maximum Gasteiger partial charge on any atom is 0.243 e. The lowest BCUT2D eigenvalue weighted by Crippen LogP contribution is -2.42. The summed E-state index contributed by atoms with van der Waals surface area (Å²) < 4.78 is 1.69. The van der Waals surface area contributed by atoms with Gasteiger partial charge in [-0.1, -0.05) is 12.1 Å². The van der Waals surface area contributed by atoms with Crippen LogP contribution in [0, 0.1) is 5.92 Å². The van der Waals surface area contributed by atoms with Crippen LogP contribution < -0.4 is 10.3 Å². The fourth-order valence-electron chi connectivity index (χ4n) is 3.09. The maximum atomic E-state index is 12.7. The summed E-state index contributed by atoms with van der Waals surface area (Å²) in [5.41, 5.74) is 4.71. The predicted molar refractivity (Wildman–Crippen MR) is 91.1 cm³/mol. The van der Waals surface area contributed by atoms with Gasteiger partial charge in [-0.15, -0.1) is 0 Å². The molecule has 1 fully saturated rings. The summed E-state index contributed by atoms with van der Waals surface area (Å²) >= 11 is 0. The van der Waals surface area contributed by atoms with Crippen LogP contribution in [0.1, 0.15) is 12.8 Å². The van der Waals surface area contributed by atoms with Crippen LogP contribution in [0.2, 0.25) is 0 Å². The Morgan fingerprint density at radius 1 is 1.12 bits per heavy atom. The molecular formula is C17H18N6O. The van der Waals surface area contributed by atoms with Crippen LogP contribution in [-0.2, 0) is 4.79 Å². The van der Waals surface area contributed by atoms with Crippen molar-refractivity contribution in [2.24, 2.45) is 5.92 Å². The van der Waals surface area contributed by atoms with Crippen LogP contribution in [0.5, 0.6) is 0 Å². The first-order valence-electron chi connectivity index (χ1n) is 8.06. The van der Waals surface area contributed by atoms with Crippen LogP contribution in [0.25, 0.3) is 11.0 Å². The molecule has 1 aliphatic rings. The number of para-hydroxylation sites is 2. The molecule has 2 aromatic heterocycles. The Labute approximate surface area is 139 Å². The van der Waals surface area contributed by atoms with E-state index in [9.17, 15) is 4.79 Å². The van der Waals surface area contributed by atoms with E-state index in [0.29, 0.717) is 12.5 Å². The number of nitrogens with zero attached hydrogens (tertiary/aromatic N) is 5. The van der Waals surface area contributed by atoms with E-state index in [0.717, 1.165) is 30.4 Å². The lowest BCUT2D eigenvalue weighted by molar-refractivity contribution is -0.121. The van der Waals surface area contributed by atoms with Gasteiger partial charge in [0.15, 0.2) is 0 Å². The zero-order valence-electron chi connectivity index (χ0n) is 13.2. The van der Waals surface area contributed by atoms with Crippen LogP contribution in [0.3, 0.4) is 0 Å². The quantitative estimate of drug-likeness (QED) is 0.796. The summed E-state index contributed by atoms with van der Waals surface area (Å²) in [6, 6.07) is 9.52. The van der Waals surface area contributed by atoms with E-state index in [4.69, 9.17) is 0 Å². The molecule has 0 aliphatic carbocycles. The van der Waals surface area contributed by atoms with Gasteiger partial charge in [0.1, 0.15) is 6.33 Å². The van der Waals surface area contributed by atoms with Gasteiger partial charge in [-0.3, -0.25) is 10.2 Å². The molecule has 0 spiro atoms. The van der Waals surface area contributed by atoms with Crippen molar-refractivity contribution >= 4 is 22.9 Å². The van der Waals surface area contributed by atoms with Crippen molar-refractivity contribution in [1.29, 1.82) is 0 Å². The molecule has 3 heterocycles. The second kappa shape index (κ2) is 6.27. The molecule has 7 heteroatoms. The number of aromatic nitrogens is 4. The van der Waals surface area contributed by atoms with E-state index in [1.165, 1.54) is 0 Å². The van der Waals surface area contributed by atoms with Gasteiger partial charge in [-0.25, -0.2) is 19.6 Å². The fourth-order valence-corrected chi connectivity index (χ4v) is 3.09. The molecule has 122 valence electrons. The highest BCUT2D eigenvalue weighted by atomic mass is 16.2. The molecular weight excluding hydrogens is 304 g/mol. The molecule has 1 saturated heterocycles. The first-order chi connectivity index (χ1) is 11.8. The molecule has 1 amide bonds. The number of fused-ring (bicyclic) bond motifs is 1. The van der Waals surface area contributed by atoms with Gasteiger partial charge in [0.2, 0.25) is 11.9 Å². The number of anilines is 1. The molecule has 7 nitrogen and oxygen atoms in total. The topological polar surface area (TPSA) is 75.9 Å². The van der Waals surface area contributed by atoms with Crippen molar-refractivity contribution in [3.63, 3.8) is 0 Å². The maximum absolute atomic E-state index is 12.7. The SMILES string of the molecule is O=C(Nn1cnc2ccccc21)C1CCCN(c2ncccn2)C1.